The first-order chi connectivity index (χ1) is 14.8. The highest BCUT2D eigenvalue weighted by Crippen LogP contribution is 2.72. The van der Waals surface area contributed by atoms with Crippen LogP contribution in [0, 0.1) is 22.7 Å². The van der Waals surface area contributed by atoms with Crippen molar-refractivity contribution in [3.63, 3.8) is 0 Å². The molecule has 5 rings (SSSR count). The summed E-state index contributed by atoms with van der Waals surface area (Å²) in [4.78, 5) is 25.1. The van der Waals surface area contributed by atoms with Gasteiger partial charge in [0.25, 0.3) is 0 Å². The highest BCUT2D eigenvalue weighted by atomic mass is 19.1. The second kappa shape index (κ2) is 6.34. The van der Waals surface area contributed by atoms with E-state index in [1.54, 1.807) is 20.8 Å². The van der Waals surface area contributed by atoms with E-state index in [4.69, 9.17) is 9.47 Å². The standard InChI is InChI=1S/C24H30F2O6/c1-20(2)31-19-9-13-14-8-16(25)15-7-12(28)5-6-21(15,3)23(14,26)17(29)10-22(13,4)24(19,32-20)18(30)11-27/h5-7,13-14,16-17,19,27,29H,8-11H2,1-4H3/t13-,14-,16?,17?,19?,21-,22-,23?,24+/m0/s1. The van der Waals surface area contributed by atoms with Crippen molar-refractivity contribution in [2.45, 2.75) is 82.4 Å². The number of hydrogen-bond acceptors (Lipinski definition) is 6. The molecule has 0 aromatic carbocycles. The Balaban J connectivity index is 1.66. The molecule has 4 unspecified atom stereocenters. The molecule has 4 fully saturated rings. The minimum Gasteiger partial charge on any atom is -0.390 e. The van der Waals surface area contributed by atoms with Gasteiger partial charge in [-0.15, -0.1) is 0 Å². The lowest BCUT2D eigenvalue weighted by atomic mass is 9.44. The lowest BCUT2D eigenvalue weighted by Gasteiger charge is -2.63. The molecule has 1 aliphatic heterocycles. The monoisotopic (exact) mass is 452 g/mol. The van der Waals surface area contributed by atoms with Crippen LogP contribution in [-0.2, 0) is 19.1 Å². The van der Waals surface area contributed by atoms with Crippen LogP contribution >= 0.6 is 0 Å². The number of rotatable bonds is 2. The summed E-state index contributed by atoms with van der Waals surface area (Å²) >= 11 is 0. The molecular weight excluding hydrogens is 422 g/mol. The number of hydrogen-bond donors (Lipinski definition) is 2. The van der Waals surface area contributed by atoms with Crippen LogP contribution in [-0.4, -0.2) is 63.8 Å². The van der Waals surface area contributed by atoms with Gasteiger partial charge in [0.1, 0.15) is 12.8 Å². The molecule has 2 N–H and O–H groups in total. The number of aliphatic hydroxyl groups excluding tert-OH is 2. The molecule has 0 aromatic heterocycles. The van der Waals surface area contributed by atoms with Gasteiger partial charge in [-0.1, -0.05) is 13.0 Å². The molecular formula is C24H30F2O6. The van der Waals surface area contributed by atoms with Gasteiger partial charge in [0.05, 0.1) is 12.2 Å². The van der Waals surface area contributed by atoms with Gasteiger partial charge in [-0.2, -0.15) is 0 Å². The Morgan fingerprint density at radius 1 is 1.22 bits per heavy atom. The first kappa shape index (κ1) is 22.3. The quantitative estimate of drug-likeness (QED) is 0.668. The van der Waals surface area contributed by atoms with Gasteiger partial charge in [-0.05, 0) is 63.7 Å². The Kier molecular flexibility index (Phi) is 4.42. The fourth-order valence-corrected chi connectivity index (χ4v) is 7.92. The van der Waals surface area contributed by atoms with Crippen molar-refractivity contribution in [2.24, 2.45) is 22.7 Å². The van der Waals surface area contributed by atoms with E-state index in [-0.39, 0.29) is 24.8 Å². The van der Waals surface area contributed by atoms with Crippen molar-refractivity contribution in [2.75, 3.05) is 6.61 Å². The molecule has 176 valence electrons. The molecule has 1 heterocycles. The molecule has 0 bridgehead atoms. The molecule has 0 spiro atoms. The maximum Gasteiger partial charge on any atom is 0.193 e. The molecule has 0 amide bonds. The normalized spacial score (nSPS) is 53.2. The van der Waals surface area contributed by atoms with Crippen molar-refractivity contribution in [3.8, 4) is 0 Å². The van der Waals surface area contributed by atoms with Gasteiger partial charge in [-0.3, -0.25) is 9.59 Å². The smallest absolute Gasteiger partial charge is 0.193 e. The van der Waals surface area contributed by atoms with Gasteiger partial charge in [0.2, 0.25) is 0 Å². The number of aliphatic hydroxyl groups is 2. The number of ether oxygens (including phenoxy) is 2. The summed E-state index contributed by atoms with van der Waals surface area (Å²) in [5.41, 5.74) is -6.30. The maximum absolute atomic E-state index is 17.1. The summed E-state index contributed by atoms with van der Waals surface area (Å²) in [6, 6.07) is 0. The Morgan fingerprint density at radius 3 is 2.56 bits per heavy atom. The van der Waals surface area contributed by atoms with Crippen molar-refractivity contribution < 1.29 is 38.1 Å². The van der Waals surface area contributed by atoms with Crippen molar-refractivity contribution in [1.29, 1.82) is 0 Å². The third kappa shape index (κ3) is 2.32. The molecule has 5 aliphatic rings. The van der Waals surface area contributed by atoms with Crippen LogP contribution < -0.4 is 0 Å². The summed E-state index contributed by atoms with van der Waals surface area (Å²) in [5, 5.41) is 21.1. The van der Waals surface area contributed by atoms with Crippen LogP contribution in [0.1, 0.15) is 47.0 Å². The van der Waals surface area contributed by atoms with E-state index in [1.807, 2.05) is 0 Å². The number of ketones is 2. The average molecular weight is 452 g/mol. The minimum atomic E-state index is -2.24. The number of fused-ring (bicyclic) bond motifs is 7. The van der Waals surface area contributed by atoms with Crippen LogP contribution in [0.25, 0.3) is 0 Å². The SMILES string of the molecule is CC1(C)OC2C[C@H]3[C@@H]4CC(F)C5=CC(=O)C=C[C@]5(C)C4(F)C(O)C[C@]3(C)[C@]2(C(=O)CO)O1. The topological polar surface area (TPSA) is 93.1 Å². The predicted molar refractivity (Wildman–Crippen MR) is 109 cm³/mol. The van der Waals surface area contributed by atoms with Crippen molar-refractivity contribution >= 4 is 11.6 Å². The zero-order valence-corrected chi connectivity index (χ0v) is 18.7. The number of carbonyl (C=O) groups is 2. The van der Waals surface area contributed by atoms with Gasteiger partial charge < -0.3 is 19.7 Å². The highest BCUT2D eigenvalue weighted by molar-refractivity contribution is 6.01. The predicted octanol–water partition coefficient (Wildman–Crippen LogP) is 2.37. The first-order valence-corrected chi connectivity index (χ1v) is 11.3. The zero-order valence-electron chi connectivity index (χ0n) is 18.7. The van der Waals surface area contributed by atoms with Gasteiger partial charge in [0, 0.05) is 16.7 Å². The highest BCUT2D eigenvalue weighted by Gasteiger charge is 2.80. The summed E-state index contributed by atoms with van der Waals surface area (Å²) in [6.07, 6.45) is -0.151. The fourth-order valence-electron chi connectivity index (χ4n) is 7.92. The summed E-state index contributed by atoms with van der Waals surface area (Å²) in [7, 11) is 0. The summed E-state index contributed by atoms with van der Waals surface area (Å²) < 4.78 is 44.8. The second-order valence-corrected chi connectivity index (χ2v) is 11.0. The molecule has 4 aliphatic carbocycles. The van der Waals surface area contributed by atoms with E-state index in [0.29, 0.717) is 0 Å². The second-order valence-electron chi connectivity index (χ2n) is 11.0. The molecule has 1 saturated heterocycles. The number of halogens is 2. The first-order valence-electron chi connectivity index (χ1n) is 11.3. The minimum absolute atomic E-state index is 0.0550. The van der Waals surface area contributed by atoms with Gasteiger partial charge in [0.15, 0.2) is 28.6 Å². The van der Waals surface area contributed by atoms with Crippen LogP contribution in [0.4, 0.5) is 8.78 Å². The molecule has 9 atom stereocenters. The van der Waals surface area contributed by atoms with Crippen LogP contribution in [0.5, 0.6) is 0 Å². The van der Waals surface area contributed by atoms with Crippen LogP contribution in [0.2, 0.25) is 0 Å². The van der Waals surface area contributed by atoms with E-state index in [0.717, 1.165) is 6.08 Å². The van der Waals surface area contributed by atoms with Crippen molar-refractivity contribution in [3.05, 3.63) is 23.8 Å². The lowest BCUT2D eigenvalue weighted by molar-refractivity contribution is -0.248. The molecule has 8 heteroatoms. The maximum atomic E-state index is 17.1. The number of alkyl halides is 2. The Bertz CT molecular complexity index is 960. The Hall–Kier alpha value is -1.48. The number of Topliss-reactive ketones (excluding diaryl/α,β-unsaturated/α-hetero) is 1. The Morgan fingerprint density at radius 2 is 1.91 bits per heavy atom. The molecule has 6 nitrogen and oxygen atoms in total. The van der Waals surface area contributed by atoms with E-state index in [1.165, 1.54) is 19.1 Å². The average Bonchev–Trinajstić information content (AvgIpc) is 3.11. The number of carbonyl (C=O) groups excluding carboxylic acids is 2. The van der Waals surface area contributed by atoms with E-state index in [9.17, 15) is 19.8 Å². The van der Waals surface area contributed by atoms with E-state index >= 15 is 8.78 Å². The fraction of sp³-hybridized carbons (Fsp3) is 0.750. The van der Waals surface area contributed by atoms with Crippen LogP contribution in [0.15, 0.2) is 23.8 Å². The molecule has 0 radical (unpaired) electrons. The van der Waals surface area contributed by atoms with Crippen LogP contribution in [0.3, 0.4) is 0 Å². The summed E-state index contributed by atoms with van der Waals surface area (Å²) in [6.45, 7) is 5.87. The van der Waals surface area contributed by atoms with Gasteiger partial charge in [-0.25, -0.2) is 8.78 Å². The molecule has 32 heavy (non-hydrogen) atoms. The van der Waals surface area contributed by atoms with Crippen molar-refractivity contribution in [1.82, 2.24) is 0 Å². The molecule has 0 aromatic rings. The largest absolute Gasteiger partial charge is 0.390 e. The van der Waals surface area contributed by atoms with E-state index in [2.05, 4.69) is 0 Å². The number of allylic oxidation sites excluding steroid dienone is 4. The third-order valence-corrected chi connectivity index (χ3v) is 9.18. The summed E-state index contributed by atoms with van der Waals surface area (Å²) in [5.74, 6) is -3.53. The Labute approximate surface area is 185 Å². The lowest BCUT2D eigenvalue weighted by Crippen LogP contribution is -2.71. The zero-order chi connectivity index (χ0) is 23.5. The molecule has 3 saturated carbocycles. The van der Waals surface area contributed by atoms with Gasteiger partial charge >= 0.3 is 0 Å². The third-order valence-electron chi connectivity index (χ3n) is 9.18. The van der Waals surface area contributed by atoms with E-state index < -0.39 is 76.3 Å².